The van der Waals surface area contributed by atoms with Gasteiger partial charge in [-0.15, -0.1) is 0 Å². The predicted octanol–water partition coefficient (Wildman–Crippen LogP) is -0.873. The summed E-state index contributed by atoms with van der Waals surface area (Å²) in [4.78, 5) is 25.0. The molecule has 2 amide bonds. The van der Waals surface area contributed by atoms with Crippen LogP contribution in [0.5, 0.6) is 0 Å². The minimum atomic E-state index is -5.71. The highest BCUT2D eigenvalue weighted by atomic mass is 32.3. The van der Waals surface area contributed by atoms with Crippen LogP contribution in [0.25, 0.3) is 11.1 Å². The average molecular weight is 680 g/mol. The number of amides is 2. The maximum absolute atomic E-state index is 12.6. The number of carbonyl (C=O) groups excluding carboxylic acids is 2. The summed E-state index contributed by atoms with van der Waals surface area (Å²) in [5.41, 5.74) is 3.76. The quantitative estimate of drug-likeness (QED) is 0.216. The molecular weight excluding hydrogens is 656 g/mol. The molecule has 5 atom stereocenters. The Morgan fingerprint density at radius 2 is 1.30 bits per heavy atom. The third-order valence-corrected chi connectivity index (χ3v) is 7.90. The lowest BCUT2D eigenvalue weighted by Crippen LogP contribution is -2.63. The topological polar surface area (TPSA) is 276 Å². The van der Waals surface area contributed by atoms with E-state index < -0.39 is 80.4 Å². The fraction of sp³-hybridized carbons (Fsp3) is 0.391. The first-order valence-corrected chi connectivity index (χ1v) is 16.4. The van der Waals surface area contributed by atoms with E-state index in [4.69, 9.17) is 9.47 Å². The Morgan fingerprint density at radius 1 is 0.795 bits per heavy atom. The Labute approximate surface area is 251 Å². The van der Waals surface area contributed by atoms with Gasteiger partial charge in [0.2, 0.25) is 37.1 Å². The van der Waals surface area contributed by atoms with Gasteiger partial charge in [-0.3, -0.25) is 13.2 Å². The van der Waals surface area contributed by atoms with Crippen LogP contribution in [0.4, 0.5) is 4.79 Å². The summed E-state index contributed by atoms with van der Waals surface area (Å²) < 4.78 is 124. The number of hydrogen-bond donors (Lipinski definition) is 2. The first-order valence-electron chi connectivity index (χ1n) is 12.4. The molecule has 4 rings (SSSR count). The highest BCUT2D eigenvalue weighted by Gasteiger charge is 2.49. The molecule has 2 aromatic carbocycles. The van der Waals surface area contributed by atoms with Crippen molar-refractivity contribution in [3.8, 4) is 11.1 Å². The van der Waals surface area contributed by atoms with Crippen LogP contribution in [0.15, 0.2) is 48.5 Å². The van der Waals surface area contributed by atoms with Gasteiger partial charge in [-0.05, 0) is 22.3 Å². The molecule has 2 unspecified atom stereocenters. The molecule has 1 fully saturated rings. The van der Waals surface area contributed by atoms with Crippen molar-refractivity contribution in [1.29, 1.82) is 0 Å². The number of benzene rings is 2. The Morgan fingerprint density at radius 3 is 1.82 bits per heavy atom. The van der Waals surface area contributed by atoms with E-state index in [-0.39, 0.29) is 12.5 Å². The van der Waals surface area contributed by atoms with E-state index >= 15 is 0 Å². The lowest BCUT2D eigenvalue weighted by Gasteiger charge is -2.44. The molecule has 1 heterocycles. The SMILES string of the molecule is C[C@H]1C(OS(=O)(=O)[O-])O[C@@H](NC(=O)CNC(=O)OCC2c3ccccc3-c3ccccc32)C(OS(=O)(=O)[O-])[C@@H]1OS(=O)(=O)[O-]. The fourth-order valence-corrected chi connectivity index (χ4v) is 6.34. The number of nitrogens with one attached hydrogen (secondary N) is 2. The number of ether oxygens (including phenoxy) is 2. The number of fused-ring (bicyclic) bond motifs is 3. The largest absolute Gasteiger partial charge is 0.726 e. The van der Waals surface area contributed by atoms with E-state index in [0.29, 0.717) is 0 Å². The zero-order valence-electron chi connectivity index (χ0n) is 22.3. The highest BCUT2D eigenvalue weighted by molar-refractivity contribution is 7.81. The van der Waals surface area contributed by atoms with Crippen molar-refractivity contribution >= 4 is 43.2 Å². The summed E-state index contributed by atoms with van der Waals surface area (Å²) in [6.45, 7) is -0.107. The second kappa shape index (κ2) is 13.0. The minimum absolute atomic E-state index is 0.117. The minimum Gasteiger partial charge on any atom is -0.726 e. The summed E-state index contributed by atoms with van der Waals surface area (Å²) in [5, 5.41) is 4.02. The third-order valence-electron chi connectivity index (χ3n) is 6.56. The van der Waals surface area contributed by atoms with Crippen LogP contribution in [0.2, 0.25) is 0 Å². The second-order valence-electron chi connectivity index (χ2n) is 9.47. The number of alkyl carbamates (subject to hydrolysis) is 1. The molecule has 21 heteroatoms. The number of hydrogen-bond acceptors (Lipinski definition) is 16. The van der Waals surface area contributed by atoms with Gasteiger partial charge >= 0.3 is 6.09 Å². The number of rotatable bonds is 11. The van der Waals surface area contributed by atoms with Crippen LogP contribution in [-0.4, -0.2) is 88.8 Å². The van der Waals surface area contributed by atoms with Gasteiger partial charge in [-0.2, -0.15) is 0 Å². The van der Waals surface area contributed by atoms with E-state index in [1.165, 1.54) is 0 Å². The van der Waals surface area contributed by atoms with Crippen molar-refractivity contribution in [3.05, 3.63) is 59.7 Å². The molecule has 0 saturated carbocycles. The fourth-order valence-electron chi connectivity index (χ4n) is 4.85. The molecule has 0 aromatic heterocycles. The first-order chi connectivity index (χ1) is 20.4. The van der Waals surface area contributed by atoms with Crippen LogP contribution in [0, 0.1) is 5.92 Å². The summed E-state index contributed by atoms with van der Waals surface area (Å²) in [6, 6.07) is 15.0. The molecule has 0 spiro atoms. The molecule has 2 aliphatic rings. The van der Waals surface area contributed by atoms with Crippen LogP contribution < -0.4 is 10.6 Å². The van der Waals surface area contributed by atoms with Gasteiger partial charge in [-0.25, -0.2) is 34.2 Å². The van der Waals surface area contributed by atoms with Crippen LogP contribution in [-0.2, 0) is 58.0 Å². The molecule has 1 aliphatic heterocycles. The lowest BCUT2D eigenvalue weighted by atomic mass is 9.95. The molecule has 0 bridgehead atoms. The Bertz CT molecular complexity index is 1690. The normalized spacial score (nSPS) is 23.8. The van der Waals surface area contributed by atoms with Crippen LogP contribution in [0.1, 0.15) is 24.0 Å². The van der Waals surface area contributed by atoms with Gasteiger partial charge in [0, 0.05) is 11.8 Å². The van der Waals surface area contributed by atoms with Gasteiger partial charge in [0.1, 0.15) is 25.4 Å². The first kappa shape index (κ1) is 33.6. The molecule has 2 N–H and O–H groups in total. The van der Waals surface area contributed by atoms with Crippen molar-refractivity contribution in [2.45, 2.75) is 37.6 Å². The van der Waals surface area contributed by atoms with Crippen molar-refractivity contribution in [2.24, 2.45) is 5.92 Å². The van der Waals surface area contributed by atoms with Gasteiger partial charge in [0.05, 0.1) is 0 Å². The molecule has 1 aliphatic carbocycles. The predicted molar refractivity (Wildman–Crippen MR) is 139 cm³/mol. The number of carbonyl (C=O) groups is 2. The summed E-state index contributed by atoms with van der Waals surface area (Å²) >= 11 is 0. The lowest BCUT2D eigenvalue weighted by molar-refractivity contribution is -0.246. The van der Waals surface area contributed by atoms with Crippen LogP contribution >= 0.6 is 0 Å². The monoisotopic (exact) mass is 679 g/mol. The standard InChI is InChI=1S/C23H26N2O16S3/c1-12-19(39-42(28,29)30)20(40-43(31,32)33)21(38-22(12)41-44(34,35)36)25-18(26)10-24-23(27)37-11-17-15-8-4-2-6-13(15)14-7-3-5-9-16(14)17/h2-9,12,17,19-22H,10-11H2,1H3,(H,24,27)(H,25,26)(H,28,29,30)(H,31,32,33)(H,34,35,36)/p-3/t12-,19-,20?,21-,22?/m1/s1. The summed E-state index contributed by atoms with van der Waals surface area (Å²) in [5.74, 6) is -3.28. The smallest absolute Gasteiger partial charge is 0.407 e. The molecular formula is C23H23N2O16S3-3. The van der Waals surface area contributed by atoms with Crippen molar-refractivity contribution in [1.82, 2.24) is 10.6 Å². The Hall–Kier alpha value is -3.25. The van der Waals surface area contributed by atoms with Gasteiger partial charge < -0.3 is 33.8 Å². The molecule has 0 radical (unpaired) electrons. The zero-order chi connectivity index (χ0) is 32.4. The summed E-state index contributed by atoms with van der Waals surface area (Å²) in [7, 11) is -17.0. The Kier molecular flexibility index (Phi) is 9.94. The highest BCUT2D eigenvalue weighted by Crippen LogP contribution is 2.44. The van der Waals surface area contributed by atoms with Gasteiger partial charge in [-0.1, -0.05) is 55.5 Å². The van der Waals surface area contributed by atoms with E-state index in [0.717, 1.165) is 29.2 Å². The van der Waals surface area contributed by atoms with Crippen molar-refractivity contribution in [2.75, 3.05) is 13.2 Å². The zero-order valence-corrected chi connectivity index (χ0v) is 24.7. The second-order valence-corrected chi connectivity index (χ2v) is 12.5. The average Bonchev–Trinajstić information content (AvgIpc) is 3.22. The van der Waals surface area contributed by atoms with Gasteiger partial charge in [0.25, 0.3) is 0 Å². The third kappa shape index (κ3) is 8.68. The van der Waals surface area contributed by atoms with Crippen molar-refractivity contribution in [3.63, 3.8) is 0 Å². The molecule has 2 aromatic rings. The van der Waals surface area contributed by atoms with E-state index in [1.54, 1.807) is 0 Å². The van der Waals surface area contributed by atoms with E-state index in [1.807, 2.05) is 53.8 Å². The van der Waals surface area contributed by atoms with E-state index in [2.05, 4.69) is 17.9 Å². The Balaban J connectivity index is 1.43. The van der Waals surface area contributed by atoms with Crippen LogP contribution in [0.3, 0.4) is 0 Å². The van der Waals surface area contributed by atoms with E-state index in [9.17, 15) is 48.5 Å². The maximum atomic E-state index is 12.6. The summed E-state index contributed by atoms with van der Waals surface area (Å²) in [6.07, 6.45) is -10.3. The molecule has 18 nitrogen and oxygen atoms in total. The maximum Gasteiger partial charge on any atom is 0.407 e. The van der Waals surface area contributed by atoms with Gasteiger partial charge in [0.15, 0.2) is 12.5 Å². The molecule has 44 heavy (non-hydrogen) atoms. The molecule has 1 saturated heterocycles. The van der Waals surface area contributed by atoms with Crippen molar-refractivity contribution < 1.29 is 70.5 Å². The molecule has 242 valence electrons.